The van der Waals surface area contributed by atoms with Crippen LogP contribution in [0, 0.1) is 0 Å². The van der Waals surface area contributed by atoms with Crippen molar-refractivity contribution in [2.75, 3.05) is 5.32 Å². The second-order valence-corrected chi connectivity index (χ2v) is 6.44. The van der Waals surface area contributed by atoms with Crippen LogP contribution >= 0.6 is 23.2 Å². The van der Waals surface area contributed by atoms with Crippen LogP contribution < -0.4 is 10.1 Å². The maximum atomic E-state index is 12.2. The van der Waals surface area contributed by atoms with Gasteiger partial charge < -0.3 is 10.1 Å². The van der Waals surface area contributed by atoms with E-state index in [-0.39, 0.29) is 5.91 Å². The highest BCUT2D eigenvalue weighted by atomic mass is 35.5. The van der Waals surface area contributed by atoms with Gasteiger partial charge in [-0.05, 0) is 48.7 Å². The van der Waals surface area contributed by atoms with E-state index in [9.17, 15) is 4.79 Å². The van der Waals surface area contributed by atoms with Gasteiger partial charge in [0.25, 0.3) is 5.91 Å². The molecule has 1 atom stereocenters. The highest BCUT2D eigenvalue weighted by molar-refractivity contribution is 6.35. The molecule has 1 amide bonds. The fraction of sp³-hybridized carbons (Fsp3) is 0.278. The zero-order valence-corrected chi connectivity index (χ0v) is 14.8. The molecule has 0 saturated heterocycles. The lowest BCUT2D eigenvalue weighted by atomic mass is 10.0. The Labute approximate surface area is 146 Å². The first-order chi connectivity index (χ1) is 10.9. The number of halogens is 2. The summed E-state index contributed by atoms with van der Waals surface area (Å²) in [4.78, 5) is 12.2. The number of amides is 1. The molecule has 0 aliphatic heterocycles. The SMILES string of the molecule is CC(Oc1ccc(C(C)C)cc1)C(=O)Nc1cc(Cl)ccc1Cl. The minimum absolute atomic E-state index is 0.290. The Morgan fingerprint density at radius 1 is 1.04 bits per heavy atom. The monoisotopic (exact) mass is 351 g/mol. The van der Waals surface area contributed by atoms with Gasteiger partial charge in [0.1, 0.15) is 5.75 Å². The molecule has 3 nitrogen and oxygen atoms in total. The zero-order valence-electron chi connectivity index (χ0n) is 13.3. The van der Waals surface area contributed by atoms with E-state index < -0.39 is 6.10 Å². The average Bonchev–Trinajstić information content (AvgIpc) is 2.51. The van der Waals surface area contributed by atoms with Crippen LogP contribution in [0.4, 0.5) is 5.69 Å². The van der Waals surface area contributed by atoms with Crippen molar-refractivity contribution >= 4 is 34.8 Å². The molecule has 5 heteroatoms. The smallest absolute Gasteiger partial charge is 0.265 e. The lowest BCUT2D eigenvalue weighted by Crippen LogP contribution is -2.30. The summed E-state index contributed by atoms with van der Waals surface area (Å²) in [5.74, 6) is 0.811. The van der Waals surface area contributed by atoms with Crippen LogP contribution in [-0.2, 0) is 4.79 Å². The lowest BCUT2D eigenvalue weighted by molar-refractivity contribution is -0.122. The third-order valence-corrected chi connectivity index (χ3v) is 3.98. The average molecular weight is 352 g/mol. The van der Waals surface area contributed by atoms with Crippen LogP contribution in [0.1, 0.15) is 32.3 Å². The summed E-state index contributed by atoms with van der Waals surface area (Å²) in [5.41, 5.74) is 1.69. The summed E-state index contributed by atoms with van der Waals surface area (Å²) in [6.45, 7) is 5.94. The standard InChI is InChI=1S/C18H19Cl2NO2/c1-11(2)13-4-7-15(8-5-13)23-12(3)18(22)21-17-10-14(19)6-9-16(17)20/h4-12H,1-3H3,(H,21,22). The van der Waals surface area contributed by atoms with Gasteiger partial charge in [0, 0.05) is 5.02 Å². The number of hydrogen-bond acceptors (Lipinski definition) is 2. The van der Waals surface area contributed by atoms with Crippen LogP contribution in [-0.4, -0.2) is 12.0 Å². The fourth-order valence-electron chi connectivity index (χ4n) is 2.02. The van der Waals surface area contributed by atoms with E-state index in [0.717, 1.165) is 0 Å². The van der Waals surface area contributed by atoms with Gasteiger partial charge in [0.05, 0.1) is 10.7 Å². The van der Waals surface area contributed by atoms with Crippen molar-refractivity contribution < 1.29 is 9.53 Å². The van der Waals surface area contributed by atoms with Crippen molar-refractivity contribution in [2.45, 2.75) is 32.8 Å². The molecule has 2 rings (SSSR count). The molecule has 2 aromatic rings. The normalized spacial score (nSPS) is 12.1. The second-order valence-electron chi connectivity index (χ2n) is 5.60. The molecule has 0 heterocycles. The van der Waals surface area contributed by atoms with E-state index in [1.807, 2.05) is 24.3 Å². The number of benzene rings is 2. The molecule has 0 fully saturated rings. The summed E-state index contributed by atoms with van der Waals surface area (Å²) in [5, 5.41) is 3.65. The molecule has 23 heavy (non-hydrogen) atoms. The van der Waals surface area contributed by atoms with Gasteiger partial charge in [-0.2, -0.15) is 0 Å². The van der Waals surface area contributed by atoms with Crippen molar-refractivity contribution in [3.63, 3.8) is 0 Å². The van der Waals surface area contributed by atoms with Crippen molar-refractivity contribution in [3.05, 3.63) is 58.1 Å². The van der Waals surface area contributed by atoms with Gasteiger partial charge in [-0.25, -0.2) is 0 Å². The van der Waals surface area contributed by atoms with E-state index in [2.05, 4.69) is 19.2 Å². The number of hydrogen-bond donors (Lipinski definition) is 1. The third-order valence-electron chi connectivity index (χ3n) is 3.42. The molecule has 1 N–H and O–H groups in total. The molecule has 1 unspecified atom stereocenters. The van der Waals surface area contributed by atoms with Gasteiger partial charge in [0.2, 0.25) is 0 Å². The third kappa shape index (κ3) is 4.88. The van der Waals surface area contributed by atoms with Crippen LogP contribution in [0.2, 0.25) is 10.0 Å². The molecule has 0 saturated carbocycles. The van der Waals surface area contributed by atoms with Crippen LogP contribution in [0.15, 0.2) is 42.5 Å². The van der Waals surface area contributed by atoms with E-state index in [1.165, 1.54) is 5.56 Å². The summed E-state index contributed by atoms with van der Waals surface area (Å²) in [7, 11) is 0. The van der Waals surface area contributed by atoms with E-state index >= 15 is 0 Å². The van der Waals surface area contributed by atoms with Crippen LogP contribution in [0.5, 0.6) is 5.75 Å². The Morgan fingerprint density at radius 3 is 2.30 bits per heavy atom. The first-order valence-corrected chi connectivity index (χ1v) is 8.15. The highest BCUT2D eigenvalue weighted by Gasteiger charge is 2.16. The number of nitrogens with one attached hydrogen (secondary N) is 1. The summed E-state index contributed by atoms with van der Waals surface area (Å²) in [6, 6.07) is 12.6. The van der Waals surface area contributed by atoms with Crippen molar-refractivity contribution in [1.82, 2.24) is 0 Å². The molecule has 122 valence electrons. The molecule has 0 spiro atoms. The number of carbonyl (C=O) groups excluding carboxylic acids is 1. The van der Waals surface area contributed by atoms with E-state index in [1.54, 1.807) is 25.1 Å². The predicted octanol–water partition coefficient (Wildman–Crippen LogP) is 5.52. The summed E-state index contributed by atoms with van der Waals surface area (Å²) >= 11 is 11.9. The number of carbonyl (C=O) groups is 1. The van der Waals surface area contributed by atoms with Gasteiger partial charge in [-0.15, -0.1) is 0 Å². The van der Waals surface area contributed by atoms with Crippen molar-refractivity contribution in [1.29, 1.82) is 0 Å². The van der Waals surface area contributed by atoms with Gasteiger partial charge in [0.15, 0.2) is 6.10 Å². The lowest BCUT2D eigenvalue weighted by Gasteiger charge is -2.16. The van der Waals surface area contributed by atoms with Gasteiger partial charge in [-0.3, -0.25) is 4.79 Å². The van der Waals surface area contributed by atoms with Crippen molar-refractivity contribution in [2.24, 2.45) is 0 Å². The molecule has 0 aliphatic carbocycles. The summed E-state index contributed by atoms with van der Waals surface area (Å²) in [6.07, 6.45) is -0.657. The van der Waals surface area contributed by atoms with Gasteiger partial charge in [-0.1, -0.05) is 49.2 Å². The van der Waals surface area contributed by atoms with Gasteiger partial charge >= 0.3 is 0 Å². The summed E-state index contributed by atoms with van der Waals surface area (Å²) < 4.78 is 5.67. The highest BCUT2D eigenvalue weighted by Crippen LogP contribution is 2.26. The Kier molecular flexibility index (Phi) is 5.91. The van der Waals surface area contributed by atoms with Crippen molar-refractivity contribution in [3.8, 4) is 5.75 Å². The molecule has 0 radical (unpaired) electrons. The number of anilines is 1. The molecule has 0 bridgehead atoms. The fourth-order valence-corrected chi connectivity index (χ4v) is 2.35. The topological polar surface area (TPSA) is 38.3 Å². The molecule has 0 aliphatic rings. The largest absolute Gasteiger partial charge is 0.481 e. The minimum Gasteiger partial charge on any atom is -0.481 e. The Bertz CT molecular complexity index is 684. The van der Waals surface area contributed by atoms with E-state index in [0.29, 0.717) is 27.4 Å². The predicted molar refractivity (Wildman–Crippen MR) is 95.7 cm³/mol. The maximum absolute atomic E-state index is 12.2. The zero-order chi connectivity index (χ0) is 17.0. The quantitative estimate of drug-likeness (QED) is 0.769. The molecular formula is C18H19Cl2NO2. The van der Waals surface area contributed by atoms with E-state index in [4.69, 9.17) is 27.9 Å². The first kappa shape index (κ1) is 17.6. The molecule has 0 aromatic heterocycles. The Morgan fingerprint density at radius 2 is 1.70 bits per heavy atom. The second kappa shape index (κ2) is 7.71. The minimum atomic E-state index is -0.657. The Balaban J connectivity index is 2.01. The maximum Gasteiger partial charge on any atom is 0.265 e. The molecule has 2 aromatic carbocycles. The van der Waals surface area contributed by atoms with Crippen LogP contribution in [0.3, 0.4) is 0 Å². The first-order valence-electron chi connectivity index (χ1n) is 7.39. The number of ether oxygens (including phenoxy) is 1. The molecular weight excluding hydrogens is 333 g/mol. The Hall–Kier alpha value is -1.71. The van der Waals surface area contributed by atoms with Crippen LogP contribution in [0.25, 0.3) is 0 Å². The number of rotatable bonds is 5.